The zero-order chi connectivity index (χ0) is 17.0. The third-order valence-electron chi connectivity index (χ3n) is 4.83. The number of allylic oxidation sites excluding steroid dienone is 2. The van der Waals surface area contributed by atoms with Crippen LogP contribution in [0.2, 0.25) is 0 Å². The van der Waals surface area contributed by atoms with Crippen molar-refractivity contribution >= 4 is 0 Å². The van der Waals surface area contributed by atoms with Crippen LogP contribution in [0.5, 0.6) is 0 Å². The smallest absolute Gasteiger partial charge is 0.0351 e. The fraction of sp³-hybridized carbons (Fsp3) is 0.826. The Hall–Kier alpha value is -0.260. The second kappa shape index (κ2) is 19.8. The van der Waals surface area contributed by atoms with Crippen molar-refractivity contribution in [1.29, 1.82) is 0 Å². The number of unbranched alkanes of at least 4 members (excludes halogenated alkanes) is 10. The van der Waals surface area contributed by atoms with E-state index >= 15 is 0 Å². The van der Waals surface area contributed by atoms with E-state index in [1.165, 1.54) is 96.3 Å². The lowest BCUT2D eigenvalue weighted by Crippen LogP contribution is -2.00. The van der Waals surface area contributed by atoms with Gasteiger partial charge >= 0.3 is 0 Å². The average molecular weight is 321 g/mol. The highest BCUT2D eigenvalue weighted by molar-refractivity contribution is 4.81. The number of hydrogen-bond donors (Lipinski definition) is 0. The van der Waals surface area contributed by atoms with Crippen molar-refractivity contribution in [2.45, 2.75) is 116 Å². The second-order valence-corrected chi connectivity index (χ2v) is 7.17. The summed E-state index contributed by atoms with van der Waals surface area (Å²) in [7, 11) is 0. The molecule has 23 heavy (non-hydrogen) atoms. The monoisotopic (exact) mass is 320 g/mol. The van der Waals surface area contributed by atoms with Gasteiger partial charge in [-0.15, -0.1) is 0 Å². The zero-order valence-corrected chi connectivity index (χ0v) is 16.2. The number of hydrogen-bond acceptors (Lipinski definition) is 0. The maximum absolute atomic E-state index is 3.93. The molecule has 0 aromatic rings. The van der Waals surface area contributed by atoms with Gasteiger partial charge in [-0.05, 0) is 31.6 Å². The lowest BCUT2D eigenvalue weighted by atomic mass is 9.91. The van der Waals surface area contributed by atoms with E-state index in [2.05, 4.69) is 32.9 Å². The van der Waals surface area contributed by atoms with Gasteiger partial charge in [0.1, 0.15) is 0 Å². The summed E-state index contributed by atoms with van der Waals surface area (Å²) in [6.45, 7) is 10.2. The molecule has 0 aromatic carbocycles. The molecule has 0 amide bonds. The molecule has 0 spiro atoms. The van der Waals surface area contributed by atoms with E-state index in [9.17, 15) is 0 Å². The minimum atomic E-state index is 0.982. The van der Waals surface area contributed by atoms with E-state index in [4.69, 9.17) is 0 Å². The summed E-state index contributed by atoms with van der Waals surface area (Å²) in [5, 5.41) is 0. The molecule has 1 atom stereocenters. The van der Waals surface area contributed by atoms with Gasteiger partial charge in [0.15, 0.2) is 0 Å². The fourth-order valence-corrected chi connectivity index (χ4v) is 3.36. The van der Waals surface area contributed by atoms with Gasteiger partial charge in [0.2, 0.25) is 0 Å². The van der Waals surface area contributed by atoms with Crippen LogP contribution in [0.1, 0.15) is 116 Å². The molecule has 0 N–H and O–H groups in total. The van der Waals surface area contributed by atoms with Crippen LogP contribution in [-0.2, 0) is 0 Å². The first-order valence-electron chi connectivity index (χ1n) is 10.6. The molecule has 0 heterocycles. The highest BCUT2D eigenvalue weighted by Gasteiger charge is 2.06. The van der Waals surface area contributed by atoms with E-state index in [0.29, 0.717) is 0 Å². The molecular weight excluding hydrogens is 276 g/mol. The summed E-state index contributed by atoms with van der Waals surface area (Å²) >= 11 is 0. The topological polar surface area (TPSA) is 0 Å². The van der Waals surface area contributed by atoms with Crippen LogP contribution in [0.15, 0.2) is 12.2 Å². The number of rotatable bonds is 18. The summed E-state index contributed by atoms with van der Waals surface area (Å²) in [5.74, 6) is 0.982. The van der Waals surface area contributed by atoms with Crippen molar-refractivity contribution in [2.75, 3.05) is 0 Å². The van der Waals surface area contributed by atoms with Crippen molar-refractivity contribution < 1.29 is 0 Å². The Morgan fingerprint density at radius 3 is 1.74 bits per heavy atom. The molecule has 0 aliphatic carbocycles. The summed E-state index contributed by atoms with van der Waals surface area (Å²) in [6.07, 6.45) is 27.7. The quantitative estimate of drug-likeness (QED) is 0.175. The van der Waals surface area contributed by atoms with Gasteiger partial charge in [-0.1, -0.05) is 116 Å². The molecule has 0 heteroatoms. The maximum atomic E-state index is 3.93. The molecule has 0 aliphatic heterocycles. The Kier molecular flexibility index (Phi) is 19.6. The lowest BCUT2D eigenvalue weighted by molar-refractivity contribution is 0.387. The predicted octanol–water partition coefficient (Wildman–Crippen LogP) is 8.48. The fourth-order valence-electron chi connectivity index (χ4n) is 3.36. The van der Waals surface area contributed by atoms with E-state index in [-0.39, 0.29) is 0 Å². The molecule has 0 fully saturated rings. The van der Waals surface area contributed by atoms with Crippen molar-refractivity contribution in [1.82, 2.24) is 0 Å². The average Bonchev–Trinajstić information content (AvgIpc) is 2.56. The molecule has 136 valence electrons. The van der Waals surface area contributed by atoms with Gasteiger partial charge in [0, 0.05) is 0 Å². The van der Waals surface area contributed by atoms with Gasteiger partial charge < -0.3 is 0 Å². The first-order chi connectivity index (χ1) is 11.3. The molecule has 0 bridgehead atoms. The van der Waals surface area contributed by atoms with Crippen molar-refractivity contribution in [3.8, 4) is 0 Å². The van der Waals surface area contributed by atoms with Gasteiger partial charge in [0.25, 0.3) is 0 Å². The maximum Gasteiger partial charge on any atom is -0.0351 e. The van der Waals surface area contributed by atoms with Crippen LogP contribution < -0.4 is 0 Å². The van der Waals surface area contributed by atoms with E-state index < -0.39 is 0 Å². The Balaban J connectivity index is 3.51. The second-order valence-electron chi connectivity index (χ2n) is 7.17. The molecular formula is C23H44. The third-order valence-corrected chi connectivity index (χ3v) is 4.83. The standard InChI is InChI=1S/C23H44/c1-4-7-9-11-12-13-14-15-17-19-22-23(20-6-3)21-18-16-10-8-5-2/h14-15,23H,1-2,4-13,16-22H2,3H3/b15-14+. The van der Waals surface area contributed by atoms with E-state index in [0.717, 1.165) is 18.8 Å². The molecule has 1 unspecified atom stereocenters. The Morgan fingerprint density at radius 2 is 1.13 bits per heavy atom. The van der Waals surface area contributed by atoms with Crippen molar-refractivity contribution in [3.63, 3.8) is 0 Å². The van der Waals surface area contributed by atoms with E-state index in [1.54, 1.807) is 0 Å². The zero-order valence-electron chi connectivity index (χ0n) is 16.2. The summed E-state index contributed by atoms with van der Waals surface area (Å²) in [4.78, 5) is 0. The van der Waals surface area contributed by atoms with Crippen LogP contribution in [-0.4, -0.2) is 0 Å². The highest BCUT2D eigenvalue weighted by Crippen LogP contribution is 2.22. The Labute approximate surface area is 148 Å². The van der Waals surface area contributed by atoms with Gasteiger partial charge in [-0.3, -0.25) is 0 Å². The normalized spacial score (nSPS) is 13.0. The lowest BCUT2D eigenvalue weighted by Gasteiger charge is -2.15. The van der Waals surface area contributed by atoms with Crippen LogP contribution in [0.25, 0.3) is 0 Å². The molecule has 0 saturated carbocycles. The van der Waals surface area contributed by atoms with E-state index in [1.807, 2.05) is 0 Å². The largest absolute Gasteiger partial charge is 0.0885 e. The summed E-state index contributed by atoms with van der Waals surface area (Å²) in [6, 6.07) is 0. The highest BCUT2D eigenvalue weighted by atomic mass is 14.1. The molecule has 0 nitrogen and oxygen atoms in total. The molecule has 0 saturated heterocycles. The van der Waals surface area contributed by atoms with Crippen LogP contribution in [0, 0.1) is 19.8 Å². The van der Waals surface area contributed by atoms with Crippen LogP contribution in [0.3, 0.4) is 0 Å². The minimum absolute atomic E-state index is 0.982. The molecule has 0 aromatic heterocycles. The van der Waals surface area contributed by atoms with Gasteiger partial charge in [-0.25, -0.2) is 0 Å². The van der Waals surface area contributed by atoms with Gasteiger partial charge in [-0.2, -0.15) is 0 Å². The first kappa shape index (κ1) is 22.7. The first-order valence-corrected chi connectivity index (χ1v) is 10.6. The van der Waals surface area contributed by atoms with Crippen LogP contribution >= 0.6 is 0 Å². The minimum Gasteiger partial charge on any atom is -0.0885 e. The third kappa shape index (κ3) is 17.9. The van der Waals surface area contributed by atoms with Crippen molar-refractivity contribution in [2.24, 2.45) is 5.92 Å². The van der Waals surface area contributed by atoms with Gasteiger partial charge in [0.05, 0.1) is 0 Å². The molecule has 0 aliphatic rings. The molecule has 2 radical (unpaired) electrons. The van der Waals surface area contributed by atoms with Crippen LogP contribution in [0.4, 0.5) is 0 Å². The Morgan fingerprint density at radius 1 is 0.609 bits per heavy atom. The van der Waals surface area contributed by atoms with Crippen molar-refractivity contribution in [3.05, 3.63) is 26.0 Å². The molecule has 0 rings (SSSR count). The summed E-state index contributed by atoms with van der Waals surface area (Å²) < 4.78 is 0. The Bertz CT molecular complexity index is 228. The summed E-state index contributed by atoms with van der Waals surface area (Å²) in [5.41, 5.74) is 0. The predicted molar refractivity (Wildman–Crippen MR) is 108 cm³/mol. The SMILES string of the molecule is [CH2]CCCCCC/C=C/CCCC(CCC)CCCCCC[CH2].